The van der Waals surface area contributed by atoms with Gasteiger partial charge in [-0.05, 0) is 36.9 Å². The van der Waals surface area contributed by atoms with Gasteiger partial charge in [-0.1, -0.05) is 74.0 Å². The summed E-state index contributed by atoms with van der Waals surface area (Å²) in [6.45, 7) is 7.72. The van der Waals surface area contributed by atoms with E-state index in [4.69, 9.17) is 0 Å². The maximum Gasteiger partial charge on any atom is 0.0343 e. The van der Waals surface area contributed by atoms with Crippen LogP contribution in [0, 0.1) is 12.8 Å². The number of hydrogen-bond donors (Lipinski definition) is 1. The van der Waals surface area contributed by atoms with Gasteiger partial charge in [0.2, 0.25) is 0 Å². The van der Waals surface area contributed by atoms with Gasteiger partial charge in [0.25, 0.3) is 0 Å². The highest BCUT2D eigenvalue weighted by atomic mass is 14.9. The van der Waals surface area contributed by atoms with Crippen LogP contribution >= 0.6 is 0 Å². The summed E-state index contributed by atoms with van der Waals surface area (Å²) >= 11 is 0. The molecule has 0 aliphatic carbocycles. The van der Waals surface area contributed by atoms with Crippen molar-refractivity contribution in [3.8, 4) is 0 Å². The van der Waals surface area contributed by atoms with Gasteiger partial charge in [0.15, 0.2) is 0 Å². The topological polar surface area (TPSA) is 12.0 Å². The Morgan fingerprint density at radius 3 is 2.35 bits per heavy atom. The molecule has 1 N–H and O–H groups in total. The molecule has 0 fully saturated rings. The van der Waals surface area contributed by atoms with E-state index in [1.165, 1.54) is 16.7 Å². The molecular weight excluding hydrogens is 242 g/mol. The molecule has 0 heterocycles. The largest absolute Gasteiger partial charge is 0.309 e. The quantitative estimate of drug-likeness (QED) is 0.811. The van der Waals surface area contributed by atoms with Crippen molar-refractivity contribution in [2.45, 2.75) is 33.2 Å². The maximum atomic E-state index is 3.70. The minimum atomic E-state index is 0.431. The molecule has 0 aromatic heterocycles. The summed E-state index contributed by atoms with van der Waals surface area (Å²) in [7, 11) is 0. The fourth-order valence-corrected chi connectivity index (χ4v) is 2.64. The van der Waals surface area contributed by atoms with Crippen LogP contribution in [0.4, 0.5) is 0 Å². The van der Waals surface area contributed by atoms with E-state index in [1.807, 2.05) is 0 Å². The molecule has 1 nitrogen and oxygen atoms in total. The van der Waals surface area contributed by atoms with E-state index >= 15 is 0 Å². The Morgan fingerprint density at radius 2 is 1.70 bits per heavy atom. The molecule has 0 aliphatic heterocycles. The Morgan fingerprint density at radius 1 is 0.950 bits per heavy atom. The molecule has 0 saturated carbocycles. The highest BCUT2D eigenvalue weighted by Crippen LogP contribution is 2.21. The second-order valence-electron chi connectivity index (χ2n) is 5.83. The van der Waals surface area contributed by atoms with Crippen LogP contribution in [0.15, 0.2) is 54.6 Å². The Balaban J connectivity index is 1.93. The Labute approximate surface area is 123 Å². The SMILES string of the molecule is Cc1cccc(CCNC(c2ccccc2)C(C)C)c1. The molecule has 2 aromatic carbocycles. The van der Waals surface area contributed by atoms with Crippen LogP contribution in [0.2, 0.25) is 0 Å². The predicted octanol–water partition coefficient (Wildman–Crippen LogP) is 4.52. The first-order valence-electron chi connectivity index (χ1n) is 7.50. The molecule has 106 valence electrons. The summed E-state index contributed by atoms with van der Waals surface area (Å²) in [5, 5.41) is 3.70. The molecule has 2 rings (SSSR count). The number of rotatable bonds is 6. The predicted molar refractivity (Wildman–Crippen MR) is 86.9 cm³/mol. The second kappa shape index (κ2) is 7.25. The molecule has 0 aliphatic rings. The number of hydrogen-bond acceptors (Lipinski definition) is 1. The second-order valence-corrected chi connectivity index (χ2v) is 5.83. The molecule has 1 heteroatoms. The fraction of sp³-hybridized carbons (Fsp3) is 0.368. The molecule has 1 unspecified atom stereocenters. The van der Waals surface area contributed by atoms with Crippen LogP contribution in [0.5, 0.6) is 0 Å². The molecule has 0 saturated heterocycles. The molecular formula is C19H25N. The standard InChI is InChI=1S/C19H25N/c1-15(2)19(18-10-5-4-6-11-18)20-13-12-17-9-7-8-16(3)14-17/h4-11,14-15,19-20H,12-13H2,1-3H3. The third kappa shape index (κ3) is 4.21. The van der Waals surface area contributed by atoms with Crippen LogP contribution in [-0.4, -0.2) is 6.54 Å². The van der Waals surface area contributed by atoms with Gasteiger partial charge < -0.3 is 5.32 Å². The lowest BCUT2D eigenvalue weighted by Gasteiger charge is -2.23. The number of aryl methyl sites for hydroxylation is 1. The maximum absolute atomic E-state index is 3.70. The first kappa shape index (κ1) is 14.8. The first-order valence-corrected chi connectivity index (χ1v) is 7.50. The van der Waals surface area contributed by atoms with Gasteiger partial charge in [0.1, 0.15) is 0 Å². The summed E-state index contributed by atoms with van der Waals surface area (Å²) < 4.78 is 0. The van der Waals surface area contributed by atoms with E-state index < -0.39 is 0 Å². The van der Waals surface area contributed by atoms with Crippen molar-refractivity contribution >= 4 is 0 Å². The van der Waals surface area contributed by atoms with E-state index in [0.717, 1.165) is 13.0 Å². The van der Waals surface area contributed by atoms with Crippen molar-refractivity contribution in [1.29, 1.82) is 0 Å². The van der Waals surface area contributed by atoms with Crippen molar-refractivity contribution in [2.24, 2.45) is 5.92 Å². The Hall–Kier alpha value is -1.60. The monoisotopic (exact) mass is 267 g/mol. The molecule has 0 radical (unpaired) electrons. The van der Waals surface area contributed by atoms with E-state index in [2.05, 4.69) is 80.7 Å². The van der Waals surface area contributed by atoms with Crippen molar-refractivity contribution < 1.29 is 0 Å². The summed E-state index contributed by atoms with van der Waals surface area (Å²) in [4.78, 5) is 0. The van der Waals surface area contributed by atoms with Gasteiger partial charge in [-0.2, -0.15) is 0 Å². The van der Waals surface area contributed by atoms with Crippen molar-refractivity contribution in [2.75, 3.05) is 6.54 Å². The van der Waals surface area contributed by atoms with Gasteiger partial charge in [-0.25, -0.2) is 0 Å². The third-order valence-corrected chi connectivity index (χ3v) is 3.69. The van der Waals surface area contributed by atoms with Crippen LogP contribution in [-0.2, 0) is 6.42 Å². The van der Waals surface area contributed by atoms with Crippen LogP contribution in [0.25, 0.3) is 0 Å². The van der Waals surface area contributed by atoms with E-state index in [1.54, 1.807) is 0 Å². The number of nitrogens with one attached hydrogen (secondary N) is 1. The van der Waals surface area contributed by atoms with Gasteiger partial charge in [-0.15, -0.1) is 0 Å². The zero-order valence-electron chi connectivity index (χ0n) is 12.8. The molecule has 2 aromatic rings. The lowest BCUT2D eigenvalue weighted by molar-refractivity contribution is 0.415. The fourth-order valence-electron chi connectivity index (χ4n) is 2.64. The Bertz CT molecular complexity index is 516. The average Bonchev–Trinajstić information content (AvgIpc) is 2.44. The summed E-state index contributed by atoms with van der Waals surface area (Å²) in [6.07, 6.45) is 1.08. The van der Waals surface area contributed by atoms with Crippen molar-refractivity contribution in [3.05, 3.63) is 71.3 Å². The third-order valence-electron chi connectivity index (χ3n) is 3.69. The molecule has 1 atom stereocenters. The summed E-state index contributed by atoms with van der Waals surface area (Å²) in [5.74, 6) is 0.593. The summed E-state index contributed by atoms with van der Waals surface area (Å²) in [5.41, 5.74) is 4.13. The van der Waals surface area contributed by atoms with Crippen LogP contribution in [0.3, 0.4) is 0 Å². The van der Waals surface area contributed by atoms with Gasteiger partial charge in [-0.3, -0.25) is 0 Å². The lowest BCUT2D eigenvalue weighted by Crippen LogP contribution is -2.27. The van der Waals surface area contributed by atoms with E-state index in [-0.39, 0.29) is 0 Å². The van der Waals surface area contributed by atoms with Gasteiger partial charge in [0, 0.05) is 6.04 Å². The Kier molecular flexibility index (Phi) is 5.37. The van der Waals surface area contributed by atoms with E-state index in [9.17, 15) is 0 Å². The smallest absolute Gasteiger partial charge is 0.0343 e. The summed E-state index contributed by atoms with van der Waals surface area (Å²) in [6, 6.07) is 19.9. The van der Waals surface area contributed by atoms with Crippen LogP contribution in [0.1, 0.15) is 36.6 Å². The molecule has 0 amide bonds. The highest BCUT2D eigenvalue weighted by Gasteiger charge is 2.14. The van der Waals surface area contributed by atoms with Crippen LogP contribution < -0.4 is 5.32 Å². The molecule has 20 heavy (non-hydrogen) atoms. The van der Waals surface area contributed by atoms with Crippen molar-refractivity contribution in [3.63, 3.8) is 0 Å². The highest BCUT2D eigenvalue weighted by molar-refractivity contribution is 5.23. The lowest BCUT2D eigenvalue weighted by atomic mass is 9.96. The normalized spacial score (nSPS) is 12.6. The van der Waals surface area contributed by atoms with Gasteiger partial charge >= 0.3 is 0 Å². The van der Waals surface area contributed by atoms with Gasteiger partial charge in [0.05, 0.1) is 0 Å². The molecule has 0 bridgehead atoms. The van der Waals surface area contributed by atoms with Crippen molar-refractivity contribution in [1.82, 2.24) is 5.32 Å². The van der Waals surface area contributed by atoms with E-state index in [0.29, 0.717) is 12.0 Å². The number of benzene rings is 2. The average molecular weight is 267 g/mol. The molecule has 0 spiro atoms. The minimum Gasteiger partial charge on any atom is -0.309 e. The minimum absolute atomic E-state index is 0.431. The first-order chi connectivity index (χ1) is 9.66. The zero-order valence-corrected chi connectivity index (χ0v) is 12.8. The zero-order chi connectivity index (χ0) is 14.4.